The number of hydrogen-bond acceptors (Lipinski definition) is 4. The predicted molar refractivity (Wildman–Crippen MR) is 124 cm³/mol. The van der Waals surface area contributed by atoms with Gasteiger partial charge in [0.25, 0.3) is 11.5 Å². The van der Waals surface area contributed by atoms with Crippen molar-refractivity contribution in [3.8, 4) is 5.69 Å². The van der Waals surface area contributed by atoms with Crippen LogP contribution in [-0.2, 0) is 0 Å². The molecule has 1 amide bonds. The second-order valence-corrected chi connectivity index (χ2v) is 9.14. The number of aryl methyl sites for hydroxylation is 1. The molecular formula is C25H27N3O2S. The molecule has 0 atom stereocenters. The Morgan fingerprint density at radius 3 is 2.29 bits per heavy atom. The molecule has 1 N–H and O–H groups in total. The molecule has 1 fully saturated rings. The van der Waals surface area contributed by atoms with Crippen molar-refractivity contribution in [2.24, 2.45) is 0 Å². The number of aromatic nitrogens is 2. The molecule has 2 aromatic carbocycles. The van der Waals surface area contributed by atoms with Gasteiger partial charge in [-0.1, -0.05) is 55.1 Å². The Morgan fingerprint density at radius 1 is 0.935 bits per heavy atom. The minimum atomic E-state index is -0.205. The summed E-state index contributed by atoms with van der Waals surface area (Å²) in [5.41, 5.74) is 2.24. The van der Waals surface area contributed by atoms with E-state index < -0.39 is 0 Å². The lowest BCUT2D eigenvalue weighted by atomic mass is 10.1. The minimum absolute atomic E-state index is 0.0533. The van der Waals surface area contributed by atoms with Crippen molar-refractivity contribution in [1.82, 2.24) is 15.1 Å². The van der Waals surface area contributed by atoms with Crippen LogP contribution in [0.3, 0.4) is 0 Å². The monoisotopic (exact) mass is 433 g/mol. The van der Waals surface area contributed by atoms with Gasteiger partial charge in [0.1, 0.15) is 5.03 Å². The fraction of sp³-hybridized carbons (Fsp3) is 0.320. The third-order valence-corrected chi connectivity index (χ3v) is 6.52. The average Bonchev–Trinajstić information content (AvgIpc) is 3.05. The topological polar surface area (TPSA) is 64.0 Å². The van der Waals surface area contributed by atoms with Crippen LogP contribution >= 0.6 is 11.8 Å². The Hall–Kier alpha value is -2.86. The van der Waals surface area contributed by atoms with Crippen molar-refractivity contribution >= 4 is 17.7 Å². The molecule has 0 radical (unpaired) electrons. The van der Waals surface area contributed by atoms with Crippen molar-refractivity contribution in [2.75, 3.05) is 0 Å². The van der Waals surface area contributed by atoms with Crippen molar-refractivity contribution < 1.29 is 4.79 Å². The van der Waals surface area contributed by atoms with Gasteiger partial charge < -0.3 is 5.32 Å². The lowest BCUT2D eigenvalue weighted by Crippen LogP contribution is -2.34. The second kappa shape index (κ2) is 9.96. The largest absolute Gasteiger partial charge is 0.349 e. The molecule has 1 heterocycles. The number of carbonyl (C=O) groups excluding carboxylic acids is 1. The number of benzene rings is 2. The molecule has 0 bridgehead atoms. The highest BCUT2D eigenvalue weighted by atomic mass is 32.2. The van der Waals surface area contributed by atoms with Crippen LogP contribution in [0.5, 0.6) is 0 Å². The zero-order valence-electron chi connectivity index (χ0n) is 17.7. The minimum Gasteiger partial charge on any atom is -0.349 e. The highest BCUT2D eigenvalue weighted by molar-refractivity contribution is 7.99. The van der Waals surface area contributed by atoms with Crippen LogP contribution in [0, 0.1) is 6.92 Å². The lowest BCUT2D eigenvalue weighted by Gasteiger charge is -2.16. The van der Waals surface area contributed by atoms with E-state index in [1.807, 2.05) is 19.1 Å². The Labute approximate surface area is 186 Å². The van der Waals surface area contributed by atoms with Crippen LogP contribution < -0.4 is 10.9 Å². The van der Waals surface area contributed by atoms with Crippen LogP contribution in [0.2, 0.25) is 0 Å². The van der Waals surface area contributed by atoms with E-state index in [1.165, 1.54) is 53.8 Å². The molecule has 3 aromatic rings. The predicted octanol–water partition coefficient (Wildman–Crippen LogP) is 5.14. The van der Waals surface area contributed by atoms with Crippen molar-refractivity contribution in [3.63, 3.8) is 0 Å². The van der Waals surface area contributed by atoms with E-state index in [0.717, 1.165) is 22.8 Å². The van der Waals surface area contributed by atoms with E-state index in [9.17, 15) is 9.59 Å². The number of rotatable bonds is 5. The van der Waals surface area contributed by atoms with Crippen molar-refractivity contribution in [1.29, 1.82) is 0 Å². The summed E-state index contributed by atoms with van der Waals surface area (Å²) in [6.45, 7) is 2.05. The third kappa shape index (κ3) is 5.64. The number of hydrogen-bond donors (Lipinski definition) is 1. The van der Waals surface area contributed by atoms with Crippen LogP contribution in [0.25, 0.3) is 5.69 Å². The van der Waals surface area contributed by atoms with E-state index >= 15 is 0 Å². The zero-order chi connectivity index (χ0) is 21.6. The highest BCUT2D eigenvalue weighted by Crippen LogP contribution is 2.25. The van der Waals surface area contributed by atoms with E-state index in [1.54, 1.807) is 30.3 Å². The molecule has 0 saturated heterocycles. The number of carbonyl (C=O) groups is 1. The van der Waals surface area contributed by atoms with Gasteiger partial charge in [0.05, 0.1) is 5.69 Å². The molecule has 160 valence electrons. The zero-order valence-corrected chi connectivity index (χ0v) is 18.5. The van der Waals surface area contributed by atoms with Crippen LogP contribution in [0.15, 0.2) is 75.4 Å². The summed E-state index contributed by atoms with van der Waals surface area (Å²) in [6, 6.07) is 18.8. The normalized spacial score (nSPS) is 14.7. The van der Waals surface area contributed by atoms with Gasteiger partial charge in [-0.25, -0.2) is 0 Å². The first kappa shape index (κ1) is 21.4. The maximum Gasteiger partial charge on any atom is 0.271 e. The van der Waals surface area contributed by atoms with E-state index in [2.05, 4.69) is 22.5 Å². The Kier molecular flexibility index (Phi) is 6.87. The standard InChI is InChI=1S/C25H27N3O2S/c1-18-8-14-22(15-9-18)31-23-16-17-24(29)28(27-23)21-12-10-19(11-13-21)25(30)26-20-6-4-2-3-5-7-20/h8-17,20H,2-7H2,1H3,(H,26,30). The van der Waals surface area contributed by atoms with Gasteiger partial charge in [0.2, 0.25) is 0 Å². The fourth-order valence-corrected chi connectivity index (χ4v) is 4.58. The molecule has 1 aliphatic rings. The van der Waals surface area contributed by atoms with Gasteiger partial charge in [-0.05, 0) is 62.2 Å². The Bertz CT molecular complexity index is 1080. The SMILES string of the molecule is Cc1ccc(Sc2ccc(=O)n(-c3ccc(C(=O)NC4CCCCCC4)cc3)n2)cc1. The molecular weight excluding hydrogens is 406 g/mol. The molecule has 1 saturated carbocycles. The fourth-order valence-electron chi connectivity index (χ4n) is 3.81. The molecule has 0 aliphatic heterocycles. The van der Waals surface area contributed by atoms with Gasteiger partial charge in [-0.15, -0.1) is 0 Å². The maximum absolute atomic E-state index is 12.6. The summed E-state index contributed by atoms with van der Waals surface area (Å²) >= 11 is 1.51. The lowest BCUT2D eigenvalue weighted by molar-refractivity contribution is 0.0933. The molecule has 1 aliphatic carbocycles. The summed E-state index contributed by atoms with van der Waals surface area (Å²) in [4.78, 5) is 26.1. The van der Waals surface area contributed by atoms with Gasteiger partial charge in [0, 0.05) is 22.6 Å². The van der Waals surface area contributed by atoms with E-state index in [0.29, 0.717) is 11.3 Å². The highest BCUT2D eigenvalue weighted by Gasteiger charge is 2.16. The second-order valence-electron chi connectivity index (χ2n) is 8.05. The van der Waals surface area contributed by atoms with Crippen LogP contribution in [-0.4, -0.2) is 21.7 Å². The number of amides is 1. The molecule has 6 heteroatoms. The molecule has 1 aromatic heterocycles. The third-order valence-electron chi connectivity index (χ3n) is 5.58. The summed E-state index contributed by atoms with van der Waals surface area (Å²) in [5, 5.41) is 8.40. The number of nitrogens with one attached hydrogen (secondary N) is 1. The van der Waals surface area contributed by atoms with Gasteiger partial charge in [-0.2, -0.15) is 9.78 Å². The first-order valence-corrected chi connectivity index (χ1v) is 11.7. The number of nitrogens with zero attached hydrogens (tertiary/aromatic N) is 2. The van der Waals surface area contributed by atoms with E-state index in [4.69, 9.17) is 0 Å². The van der Waals surface area contributed by atoms with E-state index in [-0.39, 0.29) is 17.5 Å². The first-order valence-electron chi connectivity index (χ1n) is 10.8. The van der Waals surface area contributed by atoms with Crippen LogP contribution in [0.1, 0.15) is 54.4 Å². The Morgan fingerprint density at radius 2 is 1.61 bits per heavy atom. The summed E-state index contributed by atoms with van der Waals surface area (Å²) < 4.78 is 1.38. The molecule has 31 heavy (non-hydrogen) atoms. The Balaban J connectivity index is 1.48. The quantitative estimate of drug-likeness (QED) is 0.566. The van der Waals surface area contributed by atoms with Gasteiger partial charge >= 0.3 is 0 Å². The molecule has 0 spiro atoms. The molecule has 0 unspecified atom stereocenters. The van der Waals surface area contributed by atoms with Gasteiger partial charge in [-0.3, -0.25) is 9.59 Å². The first-order chi connectivity index (χ1) is 15.1. The average molecular weight is 434 g/mol. The maximum atomic E-state index is 12.6. The van der Waals surface area contributed by atoms with Crippen molar-refractivity contribution in [3.05, 3.63) is 82.1 Å². The van der Waals surface area contributed by atoms with Gasteiger partial charge in [0.15, 0.2) is 0 Å². The summed E-state index contributed by atoms with van der Waals surface area (Å²) in [5.74, 6) is -0.0533. The summed E-state index contributed by atoms with van der Waals surface area (Å²) in [6.07, 6.45) is 6.96. The molecule has 4 rings (SSSR count). The molecule has 5 nitrogen and oxygen atoms in total. The smallest absolute Gasteiger partial charge is 0.271 e. The van der Waals surface area contributed by atoms with Crippen LogP contribution in [0.4, 0.5) is 0 Å². The van der Waals surface area contributed by atoms with Crippen molar-refractivity contribution in [2.45, 2.75) is 61.4 Å². The summed E-state index contributed by atoms with van der Waals surface area (Å²) in [7, 11) is 0.